The van der Waals surface area contributed by atoms with Gasteiger partial charge in [0.2, 0.25) is 0 Å². The quantitative estimate of drug-likeness (QED) is 0.274. The van der Waals surface area contributed by atoms with E-state index in [1.807, 2.05) is 42.5 Å². The Morgan fingerprint density at radius 2 is 1.83 bits per heavy atom. The SMILES string of the molecule is O=C(O)COc1ccccc1CN1CCC(NC(=O)c2ccc3c(c2)nc(-c2ccoc2)n3C2CCCCC2)CC1. The van der Waals surface area contributed by atoms with Crippen LogP contribution in [0, 0.1) is 0 Å². The van der Waals surface area contributed by atoms with Crippen LogP contribution in [0.3, 0.4) is 0 Å². The number of carboxylic acid groups (broad SMARTS) is 1. The third-order valence-corrected chi connectivity index (χ3v) is 8.31. The summed E-state index contributed by atoms with van der Waals surface area (Å²) in [5, 5.41) is 12.2. The molecular formula is C32H36N4O5. The van der Waals surface area contributed by atoms with Crippen LogP contribution < -0.4 is 10.1 Å². The summed E-state index contributed by atoms with van der Waals surface area (Å²) in [5.41, 5.74) is 4.44. The van der Waals surface area contributed by atoms with Crippen LogP contribution in [0.4, 0.5) is 0 Å². The van der Waals surface area contributed by atoms with Crippen LogP contribution >= 0.6 is 0 Å². The van der Waals surface area contributed by atoms with Crippen LogP contribution in [0.15, 0.2) is 65.5 Å². The molecule has 0 unspecified atom stereocenters. The number of furan rings is 1. The molecule has 2 fully saturated rings. The van der Waals surface area contributed by atoms with Crippen molar-refractivity contribution in [1.82, 2.24) is 19.8 Å². The first-order valence-electron chi connectivity index (χ1n) is 14.6. The Balaban J connectivity index is 1.11. The van der Waals surface area contributed by atoms with E-state index in [2.05, 4.69) is 14.8 Å². The Kier molecular flexibility index (Phi) is 8.04. The Hall–Kier alpha value is -4.11. The number of hydrogen-bond donors (Lipinski definition) is 2. The average Bonchev–Trinajstić information content (AvgIpc) is 3.66. The predicted molar refractivity (Wildman–Crippen MR) is 155 cm³/mol. The Morgan fingerprint density at radius 1 is 1.02 bits per heavy atom. The average molecular weight is 557 g/mol. The smallest absolute Gasteiger partial charge is 0.341 e. The fourth-order valence-corrected chi connectivity index (χ4v) is 6.20. The second-order valence-corrected chi connectivity index (χ2v) is 11.1. The van der Waals surface area contributed by atoms with Gasteiger partial charge in [-0.3, -0.25) is 9.69 Å². The van der Waals surface area contributed by atoms with Gasteiger partial charge in [0.1, 0.15) is 17.8 Å². The van der Waals surface area contributed by atoms with E-state index in [1.54, 1.807) is 18.6 Å². The van der Waals surface area contributed by atoms with E-state index in [-0.39, 0.29) is 18.6 Å². The van der Waals surface area contributed by atoms with E-state index in [1.165, 1.54) is 19.3 Å². The molecule has 1 aliphatic carbocycles. The van der Waals surface area contributed by atoms with E-state index >= 15 is 0 Å². The van der Waals surface area contributed by atoms with Gasteiger partial charge >= 0.3 is 5.97 Å². The lowest BCUT2D eigenvalue weighted by Gasteiger charge is -2.32. The first-order chi connectivity index (χ1) is 20.0. The molecule has 3 heterocycles. The number of carboxylic acids is 1. The molecule has 1 saturated heterocycles. The van der Waals surface area contributed by atoms with Gasteiger partial charge in [0.25, 0.3) is 5.91 Å². The molecule has 1 saturated carbocycles. The molecule has 2 N–H and O–H groups in total. The molecule has 6 rings (SSSR count). The van der Waals surface area contributed by atoms with Gasteiger partial charge in [-0.2, -0.15) is 0 Å². The van der Waals surface area contributed by atoms with E-state index < -0.39 is 5.97 Å². The fraction of sp³-hybridized carbons (Fsp3) is 0.406. The number of likely N-dealkylation sites (tertiary alicyclic amines) is 1. The molecule has 4 aromatic rings. The second kappa shape index (κ2) is 12.2. The van der Waals surface area contributed by atoms with Crippen molar-refractivity contribution >= 4 is 22.9 Å². The molecule has 214 valence electrons. The molecule has 0 atom stereocenters. The molecule has 9 heteroatoms. The molecule has 2 aliphatic rings. The molecule has 9 nitrogen and oxygen atoms in total. The summed E-state index contributed by atoms with van der Waals surface area (Å²) in [4.78, 5) is 31.5. The summed E-state index contributed by atoms with van der Waals surface area (Å²) < 4.78 is 13.2. The molecule has 2 aromatic carbocycles. The third kappa shape index (κ3) is 6.15. The van der Waals surface area contributed by atoms with Crippen molar-refractivity contribution in [2.24, 2.45) is 0 Å². The molecule has 0 radical (unpaired) electrons. The van der Waals surface area contributed by atoms with Crippen LogP contribution in [0.1, 0.15) is 66.9 Å². The number of imidazole rings is 1. The standard InChI is InChI=1S/C32H36N4O5/c37-30(38)21-41-29-9-5-4-6-23(29)19-35-15-12-25(13-16-35)33-32(39)22-10-11-28-27(18-22)34-31(24-14-17-40-20-24)36(28)26-7-2-1-3-8-26/h4-6,9-11,14,17-18,20,25-26H,1-3,7-8,12-13,15-16,19,21H2,(H,33,39)(H,37,38). The number of benzene rings is 2. The lowest BCUT2D eigenvalue weighted by atomic mass is 9.95. The fourth-order valence-electron chi connectivity index (χ4n) is 6.20. The lowest BCUT2D eigenvalue weighted by molar-refractivity contribution is -0.139. The molecule has 41 heavy (non-hydrogen) atoms. The summed E-state index contributed by atoms with van der Waals surface area (Å²) in [5.74, 6) is 0.435. The van der Waals surface area contributed by atoms with Crippen LogP contribution in [0.5, 0.6) is 5.75 Å². The topological polar surface area (TPSA) is 110 Å². The van der Waals surface area contributed by atoms with Crippen molar-refractivity contribution in [1.29, 1.82) is 0 Å². The number of piperidine rings is 1. The Bertz CT molecular complexity index is 1500. The highest BCUT2D eigenvalue weighted by atomic mass is 16.5. The lowest BCUT2D eigenvalue weighted by Crippen LogP contribution is -2.44. The number of fused-ring (bicyclic) bond motifs is 1. The van der Waals surface area contributed by atoms with E-state index in [0.29, 0.717) is 23.9 Å². The predicted octanol–water partition coefficient (Wildman–Crippen LogP) is 5.66. The minimum absolute atomic E-state index is 0.0742. The number of nitrogens with one attached hydrogen (secondary N) is 1. The van der Waals surface area contributed by atoms with Crippen molar-refractivity contribution in [3.8, 4) is 17.1 Å². The highest BCUT2D eigenvalue weighted by Gasteiger charge is 2.25. The molecule has 0 spiro atoms. The summed E-state index contributed by atoms with van der Waals surface area (Å²) >= 11 is 0. The maximum atomic E-state index is 13.3. The van der Waals surface area contributed by atoms with E-state index in [0.717, 1.165) is 66.8 Å². The van der Waals surface area contributed by atoms with Gasteiger partial charge in [-0.15, -0.1) is 0 Å². The van der Waals surface area contributed by atoms with Gasteiger partial charge in [-0.05, 0) is 56.0 Å². The van der Waals surface area contributed by atoms with Gasteiger partial charge in [-0.1, -0.05) is 37.5 Å². The highest BCUT2D eigenvalue weighted by Crippen LogP contribution is 2.36. The minimum Gasteiger partial charge on any atom is -0.482 e. The van der Waals surface area contributed by atoms with Crippen molar-refractivity contribution in [3.05, 3.63) is 72.2 Å². The zero-order chi connectivity index (χ0) is 28.2. The molecule has 1 amide bonds. The van der Waals surface area contributed by atoms with E-state index in [4.69, 9.17) is 19.2 Å². The van der Waals surface area contributed by atoms with Gasteiger partial charge < -0.3 is 24.1 Å². The number of aliphatic carboxylic acids is 1. The largest absolute Gasteiger partial charge is 0.482 e. The summed E-state index contributed by atoms with van der Waals surface area (Å²) in [6, 6.07) is 15.9. The van der Waals surface area contributed by atoms with Crippen molar-refractivity contribution in [2.45, 2.75) is 63.6 Å². The monoisotopic (exact) mass is 556 g/mol. The number of ether oxygens (including phenoxy) is 1. The Labute approximate surface area is 239 Å². The minimum atomic E-state index is -0.994. The van der Waals surface area contributed by atoms with Gasteiger partial charge in [0.05, 0.1) is 22.9 Å². The highest BCUT2D eigenvalue weighted by molar-refractivity contribution is 5.98. The molecular weight excluding hydrogens is 520 g/mol. The number of nitrogens with zero attached hydrogens (tertiary/aromatic N) is 3. The second-order valence-electron chi connectivity index (χ2n) is 11.1. The normalized spacial score (nSPS) is 17.1. The number of para-hydroxylation sites is 1. The molecule has 2 aromatic heterocycles. The molecule has 0 bridgehead atoms. The van der Waals surface area contributed by atoms with Crippen molar-refractivity contribution in [3.63, 3.8) is 0 Å². The van der Waals surface area contributed by atoms with Gasteiger partial charge in [0.15, 0.2) is 6.61 Å². The number of carbonyl (C=O) groups is 2. The number of aromatic nitrogens is 2. The summed E-state index contributed by atoms with van der Waals surface area (Å²) in [7, 11) is 0. The van der Waals surface area contributed by atoms with Gasteiger partial charge in [0, 0.05) is 42.8 Å². The van der Waals surface area contributed by atoms with Crippen molar-refractivity contribution < 1.29 is 23.8 Å². The maximum absolute atomic E-state index is 13.3. The third-order valence-electron chi connectivity index (χ3n) is 8.31. The number of hydrogen-bond acceptors (Lipinski definition) is 6. The van der Waals surface area contributed by atoms with Crippen LogP contribution in [0.2, 0.25) is 0 Å². The zero-order valence-electron chi connectivity index (χ0n) is 23.1. The van der Waals surface area contributed by atoms with Crippen LogP contribution in [-0.4, -0.2) is 57.2 Å². The maximum Gasteiger partial charge on any atom is 0.341 e. The first-order valence-corrected chi connectivity index (χ1v) is 14.6. The summed E-state index contributed by atoms with van der Waals surface area (Å²) in [6.07, 6.45) is 11.1. The number of rotatable bonds is 9. The first kappa shape index (κ1) is 27.1. The number of carbonyl (C=O) groups excluding carboxylic acids is 1. The zero-order valence-corrected chi connectivity index (χ0v) is 23.1. The Morgan fingerprint density at radius 3 is 2.59 bits per heavy atom. The number of amides is 1. The van der Waals surface area contributed by atoms with Crippen LogP contribution in [-0.2, 0) is 11.3 Å². The van der Waals surface area contributed by atoms with Crippen molar-refractivity contribution in [2.75, 3.05) is 19.7 Å². The van der Waals surface area contributed by atoms with Crippen LogP contribution in [0.25, 0.3) is 22.4 Å². The molecule has 1 aliphatic heterocycles. The van der Waals surface area contributed by atoms with Gasteiger partial charge in [-0.25, -0.2) is 9.78 Å². The van der Waals surface area contributed by atoms with E-state index in [9.17, 15) is 9.59 Å². The summed E-state index contributed by atoms with van der Waals surface area (Å²) in [6.45, 7) is 1.98.